The first-order valence-electron chi connectivity index (χ1n) is 9.28. The summed E-state index contributed by atoms with van der Waals surface area (Å²) in [5.41, 5.74) is 4.81. The van der Waals surface area contributed by atoms with Crippen LogP contribution in [0.5, 0.6) is 0 Å². The Balaban J connectivity index is 1.60. The van der Waals surface area contributed by atoms with Crippen LogP contribution in [0.3, 0.4) is 0 Å². The van der Waals surface area contributed by atoms with E-state index in [2.05, 4.69) is 60.1 Å². The summed E-state index contributed by atoms with van der Waals surface area (Å²) in [5.74, 6) is 11.7. The van der Waals surface area contributed by atoms with Crippen molar-refractivity contribution in [2.75, 3.05) is 0 Å². The minimum Gasteiger partial charge on any atom is -0.206 e. The maximum absolute atomic E-state index is 13.8. The molecule has 3 aromatic rings. The molecule has 0 aliphatic carbocycles. The molecule has 0 N–H and O–H groups in total. The smallest absolute Gasteiger partial charge is 0.140 e. The molecule has 0 aliphatic rings. The van der Waals surface area contributed by atoms with Crippen LogP contribution in [-0.2, 0) is 12.8 Å². The van der Waals surface area contributed by atoms with E-state index >= 15 is 0 Å². The van der Waals surface area contributed by atoms with E-state index in [9.17, 15) is 4.39 Å². The molecule has 2 heteroatoms. The van der Waals surface area contributed by atoms with E-state index in [1.807, 2.05) is 19.1 Å². The first-order chi connectivity index (χ1) is 13.6. The van der Waals surface area contributed by atoms with E-state index in [1.54, 1.807) is 12.1 Å². The summed E-state index contributed by atoms with van der Waals surface area (Å²) < 4.78 is 13.8. The van der Waals surface area contributed by atoms with Crippen molar-refractivity contribution in [3.63, 3.8) is 0 Å². The Morgan fingerprint density at radius 3 is 1.86 bits per heavy atom. The van der Waals surface area contributed by atoms with Crippen LogP contribution in [-0.4, -0.2) is 0 Å². The Morgan fingerprint density at radius 2 is 1.32 bits per heavy atom. The fourth-order valence-electron chi connectivity index (χ4n) is 2.72. The molecule has 0 bridgehead atoms. The minimum atomic E-state index is -0.400. The summed E-state index contributed by atoms with van der Waals surface area (Å²) >= 11 is 5.76. The van der Waals surface area contributed by atoms with Gasteiger partial charge in [-0.15, -0.1) is 0 Å². The van der Waals surface area contributed by atoms with Crippen molar-refractivity contribution in [2.24, 2.45) is 0 Å². The molecule has 0 fully saturated rings. The topological polar surface area (TPSA) is 0 Å². The molecule has 0 radical (unpaired) electrons. The Morgan fingerprint density at radius 1 is 0.750 bits per heavy atom. The van der Waals surface area contributed by atoms with E-state index in [0.29, 0.717) is 10.6 Å². The van der Waals surface area contributed by atoms with Gasteiger partial charge in [-0.25, -0.2) is 4.39 Å². The van der Waals surface area contributed by atoms with Crippen molar-refractivity contribution in [2.45, 2.75) is 26.2 Å². The molecule has 0 aromatic heterocycles. The Kier molecular flexibility index (Phi) is 6.91. The van der Waals surface area contributed by atoms with Crippen molar-refractivity contribution < 1.29 is 4.39 Å². The first-order valence-corrected chi connectivity index (χ1v) is 9.65. The van der Waals surface area contributed by atoms with Gasteiger partial charge < -0.3 is 0 Å². The second-order valence-corrected chi connectivity index (χ2v) is 6.86. The summed E-state index contributed by atoms with van der Waals surface area (Å²) in [6, 6.07) is 21.0. The summed E-state index contributed by atoms with van der Waals surface area (Å²) in [6.07, 6.45) is 2.80. The van der Waals surface area contributed by atoms with Crippen LogP contribution in [0.4, 0.5) is 4.39 Å². The van der Waals surface area contributed by atoms with Crippen LogP contribution < -0.4 is 0 Å². The van der Waals surface area contributed by atoms with Crippen molar-refractivity contribution in [3.8, 4) is 23.7 Å². The van der Waals surface area contributed by atoms with Crippen molar-refractivity contribution >= 4 is 11.6 Å². The molecule has 3 rings (SSSR count). The van der Waals surface area contributed by atoms with Gasteiger partial charge >= 0.3 is 0 Å². The molecule has 138 valence electrons. The van der Waals surface area contributed by atoms with Gasteiger partial charge in [0.05, 0.1) is 5.56 Å². The predicted molar refractivity (Wildman–Crippen MR) is 115 cm³/mol. The van der Waals surface area contributed by atoms with Crippen molar-refractivity contribution in [3.05, 3.63) is 105 Å². The largest absolute Gasteiger partial charge is 0.206 e. The second-order valence-electron chi connectivity index (χ2n) is 6.42. The molecule has 0 heterocycles. The molecule has 0 unspecified atom stereocenters. The normalized spacial score (nSPS) is 9.82. The van der Waals surface area contributed by atoms with Gasteiger partial charge in [0.15, 0.2) is 0 Å². The summed E-state index contributed by atoms with van der Waals surface area (Å²) in [7, 11) is 0. The number of hydrogen-bond donors (Lipinski definition) is 0. The van der Waals surface area contributed by atoms with Gasteiger partial charge in [0.25, 0.3) is 0 Å². The van der Waals surface area contributed by atoms with Crippen LogP contribution in [0.2, 0.25) is 5.02 Å². The molecule has 0 aliphatic heterocycles. The van der Waals surface area contributed by atoms with E-state index in [0.717, 1.165) is 30.4 Å². The molecular weight excluding hydrogens is 367 g/mol. The lowest BCUT2D eigenvalue weighted by molar-refractivity contribution is 0.624. The lowest BCUT2D eigenvalue weighted by atomic mass is 10.0. The number of hydrogen-bond acceptors (Lipinski definition) is 0. The van der Waals surface area contributed by atoms with E-state index in [-0.39, 0.29) is 0 Å². The fraction of sp³-hybridized carbons (Fsp3) is 0.154. The van der Waals surface area contributed by atoms with E-state index in [4.69, 9.17) is 11.6 Å². The van der Waals surface area contributed by atoms with Crippen LogP contribution in [0.15, 0.2) is 66.7 Å². The average Bonchev–Trinajstić information content (AvgIpc) is 2.71. The lowest BCUT2D eigenvalue weighted by Crippen LogP contribution is -1.92. The zero-order chi connectivity index (χ0) is 19.8. The average molecular weight is 387 g/mol. The third kappa shape index (κ3) is 5.75. The maximum Gasteiger partial charge on any atom is 0.140 e. The highest BCUT2D eigenvalue weighted by Gasteiger charge is 2.00. The van der Waals surface area contributed by atoms with Gasteiger partial charge in [0.1, 0.15) is 5.82 Å². The minimum absolute atomic E-state index is 0.348. The molecule has 0 saturated heterocycles. The Labute approximate surface area is 171 Å². The lowest BCUT2D eigenvalue weighted by Gasteiger charge is -2.03. The summed E-state index contributed by atoms with van der Waals surface area (Å²) in [6.45, 7) is 2.05. The SMILES string of the molecule is CCC#Cc1ccc(CCc2ccc(C#Cc3ccc(Cl)cc3F)cc2)cc1. The molecular formula is C26H20ClF. The molecule has 0 saturated carbocycles. The van der Waals surface area contributed by atoms with Crippen LogP contribution in [0.1, 0.15) is 41.2 Å². The summed E-state index contributed by atoms with van der Waals surface area (Å²) in [4.78, 5) is 0. The number of benzene rings is 3. The first kappa shape index (κ1) is 19.8. The zero-order valence-corrected chi connectivity index (χ0v) is 16.5. The van der Waals surface area contributed by atoms with Gasteiger partial charge in [-0.1, -0.05) is 66.5 Å². The molecule has 0 spiro atoms. The van der Waals surface area contributed by atoms with Crippen LogP contribution in [0.25, 0.3) is 0 Å². The highest BCUT2D eigenvalue weighted by molar-refractivity contribution is 6.30. The molecule has 0 amide bonds. The second kappa shape index (κ2) is 9.80. The molecule has 3 aromatic carbocycles. The van der Waals surface area contributed by atoms with E-state index < -0.39 is 5.82 Å². The zero-order valence-electron chi connectivity index (χ0n) is 15.7. The number of rotatable bonds is 3. The molecule has 28 heavy (non-hydrogen) atoms. The van der Waals surface area contributed by atoms with E-state index in [1.165, 1.54) is 17.2 Å². The highest BCUT2D eigenvalue weighted by atomic mass is 35.5. The van der Waals surface area contributed by atoms with Crippen molar-refractivity contribution in [1.82, 2.24) is 0 Å². The van der Waals surface area contributed by atoms with Crippen molar-refractivity contribution in [1.29, 1.82) is 0 Å². The quantitative estimate of drug-likeness (QED) is 0.455. The molecule has 0 atom stereocenters. The Bertz CT molecular complexity index is 1060. The predicted octanol–water partition coefficient (Wildman–Crippen LogP) is 6.43. The number of halogens is 2. The summed E-state index contributed by atoms with van der Waals surface area (Å²) in [5, 5.41) is 0.371. The Hall–Kier alpha value is -3.00. The third-order valence-electron chi connectivity index (χ3n) is 4.29. The third-order valence-corrected chi connectivity index (χ3v) is 4.53. The van der Waals surface area contributed by atoms with Gasteiger partial charge in [-0.2, -0.15) is 0 Å². The maximum atomic E-state index is 13.8. The van der Waals surface area contributed by atoms with Crippen LogP contribution >= 0.6 is 11.6 Å². The standard InChI is InChI=1S/C26H20ClF/c1-2-3-4-20-5-7-21(8-6-20)9-10-22-11-13-23(14-12-22)15-16-24-17-18-25(27)19-26(24)28/h5-8,11-14,17-19H,2,9-10H2,1H3. The van der Waals surface area contributed by atoms with Crippen LogP contribution in [0, 0.1) is 29.5 Å². The monoisotopic (exact) mass is 386 g/mol. The number of aryl methyl sites for hydroxylation is 2. The molecule has 0 nitrogen and oxygen atoms in total. The van der Waals surface area contributed by atoms with Gasteiger partial charge in [0.2, 0.25) is 0 Å². The van der Waals surface area contributed by atoms with Gasteiger partial charge in [-0.3, -0.25) is 0 Å². The van der Waals surface area contributed by atoms with Gasteiger partial charge in [0, 0.05) is 22.6 Å². The fourth-order valence-corrected chi connectivity index (χ4v) is 2.88. The van der Waals surface area contributed by atoms with Gasteiger partial charge in [-0.05, 0) is 66.4 Å². The highest BCUT2D eigenvalue weighted by Crippen LogP contribution is 2.14.